The lowest BCUT2D eigenvalue weighted by atomic mass is 10.1. The van der Waals surface area contributed by atoms with Gasteiger partial charge in [0.25, 0.3) is 0 Å². The molecule has 2 aromatic heterocycles. The van der Waals surface area contributed by atoms with Crippen molar-refractivity contribution in [3.05, 3.63) is 60.4 Å². The number of hydrogen-bond donors (Lipinski definition) is 0. The Hall–Kier alpha value is -3.18. The normalized spacial score (nSPS) is 17.1. The number of fused-ring (bicyclic) bond motifs is 1. The second-order valence-corrected chi connectivity index (χ2v) is 19.1. The van der Waals surface area contributed by atoms with Crippen LogP contribution in [0.5, 0.6) is 11.5 Å². The maximum absolute atomic E-state index is 6.71. The zero-order chi connectivity index (χ0) is 33.6. The SMILES string of the molecule is COc1ccc(COC(C)CCOCCC(C)n2cc(-c3nn(C4CCCCO4)c4ccc(O[Si](C)(C)C(C)(C)C)cc34)cn2)cc1. The summed E-state index contributed by atoms with van der Waals surface area (Å²) in [6, 6.07) is 14.6. The van der Waals surface area contributed by atoms with Crippen LogP contribution in [0.3, 0.4) is 0 Å². The number of hydrogen-bond acceptors (Lipinski definition) is 7. The van der Waals surface area contributed by atoms with Gasteiger partial charge in [-0.2, -0.15) is 10.2 Å². The summed E-state index contributed by atoms with van der Waals surface area (Å²) >= 11 is 0. The predicted octanol–water partition coefficient (Wildman–Crippen LogP) is 8.95. The molecule has 0 amide bonds. The minimum Gasteiger partial charge on any atom is -0.543 e. The third-order valence-corrected chi connectivity index (χ3v) is 14.0. The molecule has 9 nitrogen and oxygen atoms in total. The van der Waals surface area contributed by atoms with Crippen molar-refractivity contribution in [3.8, 4) is 22.8 Å². The van der Waals surface area contributed by atoms with Crippen molar-refractivity contribution >= 4 is 19.2 Å². The van der Waals surface area contributed by atoms with Gasteiger partial charge in [-0.25, -0.2) is 4.68 Å². The van der Waals surface area contributed by atoms with E-state index in [0.717, 1.165) is 77.9 Å². The molecule has 0 aliphatic carbocycles. The van der Waals surface area contributed by atoms with Crippen LogP contribution in [-0.2, 0) is 20.8 Å². The van der Waals surface area contributed by atoms with Gasteiger partial charge in [0.1, 0.15) is 17.2 Å². The molecule has 5 rings (SSSR count). The smallest absolute Gasteiger partial charge is 0.250 e. The van der Waals surface area contributed by atoms with Crippen LogP contribution in [0.15, 0.2) is 54.9 Å². The average Bonchev–Trinajstić information content (AvgIpc) is 3.69. The molecule has 2 aromatic carbocycles. The molecular weight excluding hydrogens is 609 g/mol. The van der Waals surface area contributed by atoms with Gasteiger partial charge in [0.15, 0.2) is 6.23 Å². The summed E-state index contributed by atoms with van der Waals surface area (Å²) in [5, 5.41) is 11.1. The first-order chi connectivity index (χ1) is 22.4. The van der Waals surface area contributed by atoms with Crippen LogP contribution in [0.4, 0.5) is 0 Å². The van der Waals surface area contributed by atoms with Gasteiger partial charge in [0, 0.05) is 37.0 Å². The highest BCUT2D eigenvalue weighted by molar-refractivity contribution is 6.74. The van der Waals surface area contributed by atoms with Crippen LogP contribution < -0.4 is 9.16 Å². The van der Waals surface area contributed by atoms with E-state index in [1.165, 1.54) is 0 Å². The maximum Gasteiger partial charge on any atom is 0.250 e. The molecule has 0 radical (unpaired) electrons. The van der Waals surface area contributed by atoms with E-state index in [1.807, 2.05) is 35.1 Å². The fourth-order valence-electron chi connectivity index (χ4n) is 5.46. The molecule has 0 N–H and O–H groups in total. The lowest BCUT2D eigenvalue weighted by Crippen LogP contribution is -2.43. The number of nitrogens with zero attached hydrogens (tertiary/aromatic N) is 4. The van der Waals surface area contributed by atoms with Crippen LogP contribution in [-0.4, -0.2) is 60.9 Å². The second kappa shape index (κ2) is 15.4. The lowest BCUT2D eigenvalue weighted by molar-refractivity contribution is -0.0365. The van der Waals surface area contributed by atoms with E-state index in [-0.39, 0.29) is 23.4 Å². The monoisotopic (exact) mass is 662 g/mol. The molecule has 0 bridgehead atoms. The molecule has 256 valence electrons. The molecule has 47 heavy (non-hydrogen) atoms. The topological polar surface area (TPSA) is 81.8 Å². The highest BCUT2D eigenvalue weighted by atomic mass is 28.4. The van der Waals surface area contributed by atoms with Gasteiger partial charge >= 0.3 is 0 Å². The summed E-state index contributed by atoms with van der Waals surface area (Å²) < 4.78 is 34.2. The third kappa shape index (κ3) is 8.84. The van der Waals surface area contributed by atoms with Gasteiger partial charge in [-0.1, -0.05) is 32.9 Å². The first-order valence-corrected chi connectivity index (χ1v) is 20.1. The molecular formula is C37H54N4O5Si. The van der Waals surface area contributed by atoms with Crippen LogP contribution >= 0.6 is 0 Å². The Bertz CT molecular complexity index is 1570. The number of rotatable bonds is 15. The fourth-order valence-corrected chi connectivity index (χ4v) is 6.49. The Morgan fingerprint density at radius 3 is 2.45 bits per heavy atom. The van der Waals surface area contributed by atoms with E-state index < -0.39 is 8.32 Å². The Labute approximate surface area is 281 Å². The quantitative estimate of drug-likeness (QED) is 0.0929. The van der Waals surface area contributed by atoms with E-state index in [9.17, 15) is 0 Å². The lowest BCUT2D eigenvalue weighted by Gasteiger charge is -2.36. The van der Waals surface area contributed by atoms with Crippen molar-refractivity contribution in [2.24, 2.45) is 0 Å². The van der Waals surface area contributed by atoms with Crippen molar-refractivity contribution in [3.63, 3.8) is 0 Å². The molecule has 1 aliphatic heterocycles. The minimum absolute atomic E-state index is 0.0613. The van der Waals surface area contributed by atoms with Crippen molar-refractivity contribution in [2.75, 3.05) is 26.9 Å². The van der Waals surface area contributed by atoms with Crippen LogP contribution in [0, 0.1) is 0 Å². The van der Waals surface area contributed by atoms with Gasteiger partial charge < -0.3 is 23.4 Å². The van der Waals surface area contributed by atoms with E-state index in [4.69, 9.17) is 33.6 Å². The average molecular weight is 663 g/mol. The molecule has 3 heterocycles. The largest absolute Gasteiger partial charge is 0.543 e. The van der Waals surface area contributed by atoms with Crippen LogP contribution in [0.1, 0.15) is 84.6 Å². The fraction of sp³-hybridized carbons (Fsp3) is 0.568. The highest BCUT2D eigenvalue weighted by Crippen LogP contribution is 2.40. The molecule has 3 atom stereocenters. The first kappa shape index (κ1) is 35.1. The van der Waals surface area contributed by atoms with Crippen LogP contribution in [0.25, 0.3) is 22.2 Å². The summed E-state index contributed by atoms with van der Waals surface area (Å²) in [5.41, 5.74) is 4.09. The highest BCUT2D eigenvalue weighted by Gasteiger charge is 2.39. The number of methoxy groups -OCH3 is 1. The third-order valence-electron chi connectivity index (χ3n) is 9.65. The van der Waals surface area contributed by atoms with Gasteiger partial charge in [-0.05, 0) is 100.0 Å². The van der Waals surface area contributed by atoms with Gasteiger partial charge in [-0.15, -0.1) is 0 Å². The Kier molecular flexibility index (Phi) is 11.5. The van der Waals surface area contributed by atoms with E-state index in [1.54, 1.807) is 7.11 Å². The zero-order valence-corrected chi connectivity index (χ0v) is 30.6. The minimum atomic E-state index is -2.00. The summed E-state index contributed by atoms with van der Waals surface area (Å²) in [4.78, 5) is 0. The standard InChI is InChI=1S/C37H54N4O5Si/c1-27(18-21-43-22-19-28(2)45-26-29-12-14-31(42-6)15-13-29)40-25-30(24-38-40)36-33-23-32(46-47(7,8)37(3,4)5)16-17-34(33)41(39-36)35-11-9-10-20-44-35/h12-17,23-25,27-28,35H,9-11,18-22,26H2,1-8H3. The van der Waals surface area contributed by atoms with Crippen molar-refractivity contribution in [1.82, 2.24) is 19.6 Å². The molecule has 4 aromatic rings. The van der Waals surface area contributed by atoms with Gasteiger partial charge in [0.05, 0.1) is 37.6 Å². The molecule has 1 aliphatic rings. The van der Waals surface area contributed by atoms with Gasteiger partial charge in [-0.3, -0.25) is 4.68 Å². The van der Waals surface area contributed by atoms with Crippen molar-refractivity contribution in [1.29, 1.82) is 0 Å². The number of benzene rings is 2. The molecule has 3 unspecified atom stereocenters. The Balaban J connectivity index is 1.20. The number of aromatic nitrogens is 4. The Morgan fingerprint density at radius 2 is 1.74 bits per heavy atom. The summed E-state index contributed by atoms with van der Waals surface area (Å²) in [7, 11) is -0.330. The Morgan fingerprint density at radius 1 is 1.00 bits per heavy atom. The number of ether oxygens (including phenoxy) is 4. The van der Waals surface area contributed by atoms with Crippen molar-refractivity contribution < 1.29 is 23.4 Å². The van der Waals surface area contributed by atoms with E-state index in [2.05, 4.69) is 76.8 Å². The zero-order valence-electron chi connectivity index (χ0n) is 29.6. The molecule has 1 saturated heterocycles. The molecule has 0 spiro atoms. The summed E-state index contributed by atoms with van der Waals surface area (Å²) in [6.07, 6.45) is 8.99. The van der Waals surface area contributed by atoms with E-state index in [0.29, 0.717) is 19.8 Å². The maximum atomic E-state index is 6.71. The van der Waals surface area contributed by atoms with E-state index >= 15 is 0 Å². The van der Waals surface area contributed by atoms with Crippen LogP contribution in [0.2, 0.25) is 18.1 Å². The first-order valence-electron chi connectivity index (χ1n) is 17.1. The second-order valence-electron chi connectivity index (χ2n) is 14.4. The summed E-state index contributed by atoms with van der Waals surface area (Å²) in [6.45, 7) is 18.3. The molecule has 10 heteroatoms. The molecule has 1 fully saturated rings. The van der Waals surface area contributed by atoms with Crippen molar-refractivity contribution in [2.45, 2.75) is 110 Å². The van der Waals surface area contributed by atoms with Gasteiger partial charge in [0.2, 0.25) is 8.32 Å². The predicted molar refractivity (Wildman–Crippen MR) is 190 cm³/mol. The summed E-state index contributed by atoms with van der Waals surface area (Å²) in [5.74, 6) is 1.75. The molecule has 0 saturated carbocycles.